The van der Waals surface area contributed by atoms with Crippen LogP contribution in [0.1, 0.15) is 41.7 Å². The van der Waals surface area contributed by atoms with Gasteiger partial charge in [-0.05, 0) is 43.5 Å². The molecule has 2 amide bonds. The van der Waals surface area contributed by atoms with Crippen molar-refractivity contribution in [3.63, 3.8) is 0 Å². The third kappa shape index (κ3) is 7.31. The number of rotatable bonds is 10. The molecular weight excluding hydrogens is 528 g/mol. The largest absolute Gasteiger partial charge is 0.465 e. The molecule has 39 heavy (non-hydrogen) atoms. The van der Waals surface area contributed by atoms with E-state index in [1.54, 1.807) is 54.1 Å². The van der Waals surface area contributed by atoms with Gasteiger partial charge in [0.1, 0.15) is 0 Å². The normalized spacial score (nSPS) is 15.0. The molecule has 1 atom stereocenters. The lowest BCUT2D eigenvalue weighted by atomic mass is 10.1. The highest BCUT2D eigenvalue weighted by molar-refractivity contribution is 6.34. The van der Waals surface area contributed by atoms with Crippen molar-refractivity contribution >= 4 is 46.4 Å². The molecule has 1 aliphatic rings. The number of nitrogens with zero attached hydrogens (tertiary/aromatic N) is 4. The van der Waals surface area contributed by atoms with Crippen LogP contribution in [-0.2, 0) is 20.9 Å². The summed E-state index contributed by atoms with van der Waals surface area (Å²) in [5, 5.41) is 22.4. The highest BCUT2D eigenvalue weighted by Gasteiger charge is 2.19. The monoisotopic (exact) mass is 556 g/mol. The predicted molar refractivity (Wildman–Crippen MR) is 145 cm³/mol. The van der Waals surface area contributed by atoms with Gasteiger partial charge in [-0.2, -0.15) is 0 Å². The van der Waals surface area contributed by atoms with Gasteiger partial charge in [0.05, 0.1) is 52.7 Å². The second-order valence-electron chi connectivity index (χ2n) is 9.12. The van der Waals surface area contributed by atoms with Gasteiger partial charge in [-0.3, -0.25) is 14.9 Å². The fourth-order valence-corrected chi connectivity index (χ4v) is 4.41. The van der Waals surface area contributed by atoms with Crippen LogP contribution in [-0.4, -0.2) is 64.9 Å². The van der Waals surface area contributed by atoms with Gasteiger partial charge in [0.15, 0.2) is 12.1 Å². The number of amides is 2. The molecule has 1 saturated heterocycles. The van der Waals surface area contributed by atoms with Crippen molar-refractivity contribution in [1.29, 1.82) is 0 Å². The maximum atomic E-state index is 13.0. The first kappa shape index (κ1) is 28.0. The van der Waals surface area contributed by atoms with Gasteiger partial charge in [-0.1, -0.05) is 28.9 Å². The molecule has 206 valence electrons. The Morgan fingerprint density at radius 1 is 1.18 bits per heavy atom. The Morgan fingerprint density at radius 2 is 1.97 bits per heavy atom. The van der Waals surface area contributed by atoms with Crippen molar-refractivity contribution < 1.29 is 29.0 Å². The lowest BCUT2D eigenvalue weighted by Gasteiger charge is -2.22. The van der Waals surface area contributed by atoms with Gasteiger partial charge < -0.3 is 24.8 Å². The molecule has 1 fully saturated rings. The highest BCUT2D eigenvalue weighted by atomic mass is 35.5. The Morgan fingerprint density at radius 3 is 2.69 bits per heavy atom. The summed E-state index contributed by atoms with van der Waals surface area (Å²) in [6.45, 7) is 0.909. The zero-order chi connectivity index (χ0) is 27.9. The van der Waals surface area contributed by atoms with Gasteiger partial charge in [-0.25, -0.2) is 9.48 Å². The summed E-state index contributed by atoms with van der Waals surface area (Å²) in [5.74, 6) is -1.07. The first-order chi connectivity index (χ1) is 18.7. The summed E-state index contributed by atoms with van der Waals surface area (Å²) < 4.78 is 13.0. The molecule has 1 aliphatic heterocycles. The van der Waals surface area contributed by atoms with Gasteiger partial charge >= 0.3 is 6.09 Å². The molecule has 12 nitrogen and oxygen atoms in total. The summed E-state index contributed by atoms with van der Waals surface area (Å²) >= 11 is 6.30. The minimum atomic E-state index is -1.31. The van der Waals surface area contributed by atoms with Crippen LogP contribution in [0.5, 0.6) is 0 Å². The van der Waals surface area contributed by atoms with E-state index in [0.29, 0.717) is 34.3 Å². The van der Waals surface area contributed by atoms with Crippen molar-refractivity contribution in [3.05, 3.63) is 58.9 Å². The molecule has 0 aliphatic carbocycles. The van der Waals surface area contributed by atoms with Crippen LogP contribution in [0.2, 0.25) is 5.02 Å². The number of ether oxygens (including phenoxy) is 2. The number of hydrogen-bond donors (Lipinski definition) is 3. The number of Topliss-reactive ketones (excluding diaryl/α,β-unsaturated/α-hetero) is 1. The van der Waals surface area contributed by atoms with Crippen molar-refractivity contribution in [2.45, 2.75) is 38.6 Å². The molecule has 0 saturated carbocycles. The highest BCUT2D eigenvalue weighted by Crippen LogP contribution is 2.34. The van der Waals surface area contributed by atoms with Crippen molar-refractivity contribution in [2.24, 2.45) is 0 Å². The summed E-state index contributed by atoms with van der Waals surface area (Å²) in [4.78, 5) is 38.7. The maximum absolute atomic E-state index is 13.0. The lowest BCUT2D eigenvalue weighted by molar-refractivity contribution is -0.169. The average Bonchev–Trinajstić information content (AvgIpc) is 3.38. The molecule has 13 heteroatoms. The number of anilines is 3. The molecule has 0 bridgehead atoms. The Labute approximate surface area is 229 Å². The van der Waals surface area contributed by atoms with Crippen molar-refractivity contribution in [2.75, 3.05) is 36.2 Å². The predicted octanol–water partition coefficient (Wildman–Crippen LogP) is 4.33. The molecule has 1 aromatic heterocycles. The molecule has 2 aromatic carbocycles. The van der Waals surface area contributed by atoms with E-state index in [9.17, 15) is 19.5 Å². The van der Waals surface area contributed by atoms with Crippen LogP contribution < -0.4 is 15.5 Å². The number of carbonyl (C=O) groups excluding carboxylic acids is 2. The van der Waals surface area contributed by atoms with E-state index in [4.69, 9.17) is 21.1 Å². The van der Waals surface area contributed by atoms with Crippen LogP contribution >= 0.6 is 11.6 Å². The SMILES string of the molecule is CN(C)c1cc(NC(=O)O)c(NC(=O)CC(=O)c2cccc(-n3nncc3COC3CCCCO3)c2)cc1Cl. The molecule has 0 radical (unpaired) electrons. The third-order valence-corrected chi connectivity index (χ3v) is 6.30. The smallest absolute Gasteiger partial charge is 0.409 e. The second kappa shape index (κ2) is 12.7. The maximum Gasteiger partial charge on any atom is 0.409 e. The van der Waals surface area contributed by atoms with Gasteiger partial charge in [-0.15, -0.1) is 5.10 Å². The van der Waals surface area contributed by atoms with Crippen LogP contribution in [0.25, 0.3) is 5.69 Å². The van der Waals surface area contributed by atoms with Gasteiger partial charge in [0.2, 0.25) is 5.91 Å². The summed E-state index contributed by atoms with van der Waals surface area (Å²) in [6.07, 6.45) is 2.42. The first-order valence-corrected chi connectivity index (χ1v) is 12.7. The van der Waals surface area contributed by atoms with Crippen LogP contribution in [0.3, 0.4) is 0 Å². The molecule has 1 unspecified atom stereocenters. The zero-order valence-corrected chi connectivity index (χ0v) is 22.3. The Kier molecular flexibility index (Phi) is 9.12. The number of hydrogen-bond acceptors (Lipinski definition) is 8. The minimum Gasteiger partial charge on any atom is -0.465 e. The molecule has 0 spiro atoms. The van der Waals surface area contributed by atoms with Gasteiger partial charge in [0, 0.05) is 26.3 Å². The van der Waals surface area contributed by atoms with Crippen LogP contribution in [0.4, 0.5) is 21.9 Å². The lowest BCUT2D eigenvalue weighted by Crippen LogP contribution is -2.22. The van der Waals surface area contributed by atoms with E-state index < -0.39 is 24.2 Å². The summed E-state index contributed by atoms with van der Waals surface area (Å²) in [6, 6.07) is 9.60. The quantitative estimate of drug-likeness (QED) is 0.245. The number of benzene rings is 2. The van der Waals surface area contributed by atoms with Crippen LogP contribution in [0.15, 0.2) is 42.6 Å². The Hall–Kier alpha value is -4.00. The fraction of sp³-hybridized carbons (Fsp3) is 0.346. The number of aromatic nitrogens is 3. The van der Waals surface area contributed by atoms with Crippen molar-refractivity contribution in [3.8, 4) is 5.69 Å². The standard InChI is InChI=1S/C26H29ClN6O6/c1-32(2)22-12-21(30-26(36)37)20(11-19(22)27)29-24(35)13-23(34)16-6-5-7-17(10-16)33-18(14-28-31-33)15-39-25-8-3-4-9-38-25/h5-7,10-12,14,25,30H,3-4,8-9,13,15H2,1-2H3,(H,29,35)(H,36,37). The van der Waals surface area contributed by atoms with E-state index in [0.717, 1.165) is 19.3 Å². The topological polar surface area (TPSA) is 148 Å². The first-order valence-electron chi connectivity index (χ1n) is 12.3. The van der Waals surface area contributed by atoms with Crippen LogP contribution in [0, 0.1) is 0 Å². The fourth-order valence-electron chi connectivity index (χ4n) is 4.07. The number of ketones is 1. The number of carboxylic acid groups (broad SMARTS) is 1. The number of carbonyl (C=O) groups is 3. The second-order valence-corrected chi connectivity index (χ2v) is 9.52. The number of halogens is 1. The third-order valence-electron chi connectivity index (χ3n) is 5.99. The van der Waals surface area contributed by atoms with E-state index in [1.807, 2.05) is 0 Å². The van der Waals surface area contributed by atoms with E-state index in [-0.39, 0.29) is 24.3 Å². The molecule has 3 aromatic rings. The minimum absolute atomic E-state index is 0.123. The Bertz CT molecular complexity index is 1350. The van der Waals surface area contributed by atoms with Gasteiger partial charge in [0.25, 0.3) is 0 Å². The molecule has 2 heterocycles. The molecular formula is C26H29ClN6O6. The molecule has 3 N–H and O–H groups in total. The van der Waals surface area contributed by atoms with E-state index in [2.05, 4.69) is 20.9 Å². The van der Waals surface area contributed by atoms with E-state index >= 15 is 0 Å². The van der Waals surface area contributed by atoms with Crippen molar-refractivity contribution in [1.82, 2.24) is 15.0 Å². The Balaban J connectivity index is 1.44. The summed E-state index contributed by atoms with van der Waals surface area (Å²) in [5.41, 5.74) is 2.37. The number of nitrogens with one attached hydrogen (secondary N) is 2. The van der Waals surface area contributed by atoms with E-state index in [1.165, 1.54) is 12.1 Å². The average molecular weight is 557 g/mol. The molecule has 4 rings (SSSR count). The summed E-state index contributed by atoms with van der Waals surface area (Å²) in [7, 11) is 3.49. The zero-order valence-electron chi connectivity index (χ0n) is 21.5.